The van der Waals surface area contributed by atoms with Crippen LogP contribution in [0.5, 0.6) is 5.75 Å². The molecule has 0 heterocycles. The van der Waals surface area contributed by atoms with Gasteiger partial charge in [-0.2, -0.15) is 18.4 Å². The second-order valence-corrected chi connectivity index (χ2v) is 7.45. The van der Waals surface area contributed by atoms with E-state index >= 15 is 0 Å². The molecule has 11 heteroatoms. The third kappa shape index (κ3) is 6.97. The molecule has 0 saturated carbocycles. The number of esters is 2. The second-order valence-electron chi connectivity index (χ2n) is 7.45. The Kier molecular flexibility index (Phi) is 9.84. The fourth-order valence-electron chi connectivity index (χ4n) is 3.52. The van der Waals surface area contributed by atoms with Crippen molar-refractivity contribution in [1.29, 1.82) is 5.26 Å². The minimum absolute atomic E-state index is 0.0227. The summed E-state index contributed by atoms with van der Waals surface area (Å²) < 4.78 is 54.4. The Morgan fingerprint density at radius 3 is 1.89 bits per heavy atom. The molecule has 0 aromatic heterocycles. The van der Waals surface area contributed by atoms with Gasteiger partial charge in [-0.25, -0.2) is 0 Å². The first-order valence-corrected chi connectivity index (χ1v) is 10.9. The highest BCUT2D eigenvalue weighted by molar-refractivity contribution is 6.00. The number of methoxy groups -OCH3 is 1. The van der Waals surface area contributed by atoms with Gasteiger partial charge in [0.25, 0.3) is 0 Å². The van der Waals surface area contributed by atoms with Gasteiger partial charge < -0.3 is 19.5 Å². The van der Waals surface area contributed by atoms with Gasteiger partial charge >= 0.3 is 18.1 Å². The van der Waals surface area contributed by atoms with Crippen LogP contribution in [-0.2, 0) is 30.0 Å². The summed E-state index contributed by atoms with van der Waals surface area (Å²) >= 11 is 0. The van der Waals surface area contributed by atoms with Crippen LogP contribution in [0.25, 0.3) is 0 Å². The zero-order valence-corrected chi connectivity index (χ0v) is 19.8. The summed E-state index contributed by atoms with van der Waals surface area (Å²) in [6.45, 7) is 2.74. The molecule has 0 aliphatic carbocycles. The monoisotopic (exact) mass is 506 g/mol. The molecule has 1 N–H and O–H groups in total. The lowest BCUT2D eigenvalue weighted by Gasteiger charge is -2.28. The van der Waals surface area contributed by atoms with Gasteiger partial charge in [0.1, 0.15) is 11.7 Å². The molecule has 0 saturated heterocycles. The van der Waals surface area contributed by atoms with Gasteiger partial charge in [0.2, 0.25) is 5.91 Å². The number of rotatable bonds is 10. The van der Waals surface area contributed by atoms with Crippen LogP contribution >= 0.6 is 0 Å². The van der Waals surface area contributed by atoms with Crippen molar-refractivity contribution in [2.45, 2.75) is 25.9 Å². The maximum Gasteiger partial charge on any atom is 0.416 e. The molecule has 2 rings (SSSR count). The van der Waals surface area contributed by atoms with Crippen molar-refractivity contribution in [3.05, 3.63) is 59.7 Å². The number of alkyl halides is 3. The van der Waals surface area contributed by atoms with Gasteiger partial charge in [0, 0.05) is 11.6 Å². The molecule has 0 aliphatic heterocycles. The molecule has 2 unspecified atom stereocenters. The Morgan fingerprint density at radius 1 is 0.944 bits per heavy atom. The smallest absolute Gasteiger partial charge is 0.416 e. The molecular formula is C25H25F3N2O6. The van der Waals surface area contributed by atoms with Gasteiger partial charge in [-0.1, -0.05) is 12.1 Å². The van der Waals surface area contributed by atoms with Crippen LogP contribution in [0.15, 0.2) is 48.5 Å². The molecule has 0 aliphatic rings. The van der Waals surface area contributed by atoms with Crippen molar-refractivity contribution < 1.29 is 41.8 Å². The highest BCUT2D eigenvalue weighted by Crippen LogP contribution is 2.37. The van der Waals surface area contributed by atoms with E-state index in [1.807, 2.05) is 0 Å². The number of halogens is 3. The minimum atomic E-state index is -4.64. The SMILES string of the molecule is CCOC(=O)C(C(=O)OCC)C(c1ccc(C(F)(F)F)cc1)C(C#N)C(=O)Nc1ccc(OC)cc1. The van der Waals surface area contributed by atoms with Crippen LogP contribution in [0.4, 0.5) is 18.9 Å². The van der Waals surface area contributed by atoms with Gasteiger partial charge in [-0.3, -0.25) is 14.4 Å². The Morgan fingerprint density at radius 2 is 1.47 bits per heavy atom. The number of hydrogen-bond acceptors (Lipinski definition) is 7. The summed E-state index contributed by atoms with van der Waals surface area (Å²) in [6, 6.07) is 11.4. The lowest BCUT2D eigenvalue weighted by molar-refractivity contribution is -0.163. The quantitative estimate of drug-likeness (QED) is 0.377. The number of ether oxygens (including phenoxy) is 3. The van der Waals surface area contributed by atoms with Crippen molar-refractivity contribution in [2.24, 2.45) is 11.8 Å². The fraction of sp³-hybridized carbons (Fsp3) is 0.360. The van der Waals surface area contributed by atoms with Crippen LogP contribution in [-0.4, -0.2) is 38.2 Å². The Balaban J connectivity index is 2.57. The van der Waals surface area contributed by atoms with Crippen LogP contribution in [0.2, 0.25) is 0 Å². The molecule has 0 fully saturated rings. The molecule has 192 valence electrons. The number of nitriles is 1. The predicted octanol–water partition coefficient (Wildman–Crippen LogP) is 4.32. The van der Waals surface area contributed by atoms with E-state index in [1.165, 1.54) is 33.1 Å². The van der Waals surface area contributed by atoms with E-state index in [1.54, 1.807) is 18.2 Å². The predicted molar refractivity (Wildman–Crippen MR) is 122 cm³/mol. The van der Waals surface area contributed by atoms with E-state index in [-0.39, 0.29) is 24.5 Å². The Hall–Kier alpha value is -4.07. The molecule has 0 bridgehead atoms. The highest BCUT2D eigenvalue weighted by Gasteiger charge is 2.45. The van der Waals surface area contributed by atoms with E-state index < -0.39 is 47.3 Å². The van der Waals surface area contributed by atoms with E-state index in [0.717, 1.165) is 24.3 Å². The molecule has 0 spiro atoms. The summed E-state index contributed by atoms with van der Waals surface area (Å²) in [4.78, 5) is 38.8. The number of anilines is 1. The normalized spacial score (nSPS) is 12.7. The average Bonchev–Trinajstić information content (AvgIpc) is 2.84. The van der Waals surface area contributed by atoms with Crippen molar-refractivity contribution in [3.8, 4) is 11.8 Å². The number of nitrogens with zero attached hydrogens (tertiary/aromatic N) is 1. The standard InChI is InChI=1S/C25H25F3N2O6/c1-4-35-23(32)21(24(33)36-5-2)20(15-6-8-16(9-7-15)25(26,27)28)19(14-29)22(31)30-17-10-12-18(34-3)13-11-17/h6-13,19-21H,4-5H2,1-3H3,(H,30,31). The lowest BCUT2D eigenvalue weighted by atomic mass is 9.76. The summed E-state index contributed by atoms with van der Waals surface area (Å²) in [5.74, 6) is -7.48. The van der Waals surface area contributed by atoms with Crippen molar-refractivity contribution in [1.82, 2.24) is 0 Å². The van der Waals surface area contributed by atoms with E-state index in [0.29, 0.717) is 5.75 Å². The third-order valence-electron chi connectivity index (χ3n) is 5.20. The number of amides is 1. The van der Waals surface area contributed by atoms with Crippen molar-refractivity contribution in [2.75, 3.05) is 25.6 Å². The molecule has 2 atom stereocenters. The summed E-state index contributed by atoms with van der Waals surface area (Å²) in [5.41, 5.74) is -0.716. The van der Waals surface area contributed by atoms with Gasteiger partial charge in [-0.15, -0.1) is 0 Å². The Bertz CT molecular complexity index is 1080. The van der Waals surface area contributed by atoms with E-state index in [2.05, 4.69) is 5.32 Å². The maximum atomic E-state index is 13.2. The van der Waals surface area contributed by atoms with E-state index in [4.69, 9.17) is 14.2 Å². The molecule has 36 heavy (non-hydrogen) atoms. The number of nitrogens with one attached hydrogen (secondary N) is 1. The molecule has 0 radical (unpaired) electrons. The molecule has 2 aromatic rings. The summed E-state index contributed by atoms with van der Waals surface area (Å²) in [5, 5.41) is 12.5. The molecule has 1 amide bonds. The summed E-state index contributed by atoms with van der Waals surface area (Å²) in [6.07, 6.45) is -4.64. The number of benzene rings is 2. The maximum absolute atomic E-state index is 13.2. The first kappa shape index (κ1) is 28.2. The first-order valence-electron chi connectivity index (χ1n) is 10.9. The zero-order chi connectivity index (χ0) is 26.9. The van der Waals surface area contributed by atoms with Gasteiger partial charge in [-0.05, 0) is 55.8 Å². The lowest BCUT2D eigenvalue weighted by Crippen LogP contribution is -2.40. The number of carbonyl (C=O) groups is 3. The zero-order valence-electron chi connectivity index (χ0n) is 19.8. The van der Waals surface area contributed by atoms with E-state index in [9.17, 15) is 32.8 Å². The highest BCUT2D eigenvalue weighted by atomic mass is 19.4. The molecule has 2 aromatic carbocycles. The third-order valence-corrected chi connectivity index (χ3v) is 5.20. The van der Waals surface area contributed by atoms with Crippen molar-refractivity contribution >= 4 is 23.5 Å². The largest absolute Gasteiger partial charge is 0.497 e. The first-order chi connectivity index (χ1) is 17.1. The van der Waals surface area contributed by atoms with Crippen molar-refractivity contribution in [3.63, 3.8) is 0 Å². The van der Waals surface area contributed by atoms with Crippen LogP contribution in [0, 0.1) is 23.2 Å². The van der Waals surface area contributed by atoms with Crippen LogP contribution < -0.4 is 10.1 Å². The fourth-order valence-corrected chi connectivity index (χ4v) is 3.52. The molecular weight excluding hydrogens is 481 g/mol. The number of carbonyl (C=O) groups excluding carboxylic acids is 3. The topological polar surface area (TPSA) is 115 Å². The number of hydrogen-bond donors (Lipinski definition) is 1. The minimum Gasteiger partial charge on any atom is -0.497 e. The van der Waals surface area contributed by atoms with Gasteiger partial charge in [0.15, 0.2) is 5.92 Å². The Labute approximate surface area is 205 Å². The second kappa shape index (κ2) is 12.6. The average molecular weight is 506 g/mol. The summed E-state index contributed by atoms with van der Waals surface area (Å²) in [7, 11) is 1.46. The van der Waals surface area contributed by atoms with Crippen LogP contribution in [0.3, 0.4) is 0 Å². The van der Waals surface area contributed by atoms with Gasteiger partial charge in [0.05, 0.1) is 32.0 Å². The van der Waals surface area contributed by atoms with Crippen LogP contribution in [0.1, 0.15) is 30.9 Å². The molecule has 8 nitrogen and oxygen atoms in total.